The lowest BCUT2D eigenvalue weighted by Crippen LogP contribution is -2.19. The Balaban J connectivity index is 1.83. The Morgan fingerprint density at radius 3 is 2.35 bits per heavy atom. The van der Waals surface area contributed by atoms with Crippen LogP contribution in [0.15, 0.2) is 61.2 Å². The number of carbonyl (C=O) groups is 1. The largest absolute Gasteiger partial charge is 0.490 e. The normalized spacial score (nSPS) is 13.0. The first-order valence-corrected chi connectivity index (χ1v) is 7.72. The number of benzene rings is 2. The fourth-order valence-electron chi connectivity index (χ4n) is 2.23. The van der Waals surface area contributed by atoms with Crippen molar-refractivity contribution in [3.63, 3.8) is 0 Å². The number of carbonyl (C=O) groups excluding carboxylic acids is 1. The van der Waals surface area contributed by atoms with E-state index < -0.39 is 0 Å². The summed E-state index contributed by atoms with van der Waals surface area (Å²) in [4.78, 5) is 12.0. The van der Waals surface area contributed by atoms with Crippen LogP contribution in [0.2, 0.25) is 0 Å². The fraction of sp³-hybridized carbons (Fsp3) is 0.250. The minimum absolute atomic E-state index is 0.209. The van der Waals surface area contributed by atoms with Gasteiger partial charge < -0.3 is 9.47 Å². The minimum Gasteiger partial charge on any atom is -0.490 e. The van der Waals surface area contributed by atoms with Gasteiger partial charge in [-0.2, -0.15) is 0 Å². The SMILES string of the molecule is C=Cc1ccc(OC(C)CC(=O)OC(C)c2ccccc2)cc1. The lowest BCUT2D eigenvalue weighted by molar-refractivity contribution is -0.150. The monoisotopic (exact) mass is 310 g/mol. The molecular formula is C20H22O3. The standard InChI is InChI=1S/C20H22O3/c1-4-17-10-12-19(13-11-17)22-15(2)14-20(21)23-16(3)18-8-6-5-7-9-18/h4-13,15-16H,1,14H2,2-3H3. The van der Waals surface area contributed by atoms with Gasteiger partial charge in [0.2, 0.25) is 0 Å². The van der Waals surface area contributed by atoms with Crippen LogP contribution in [0, 0.1) is 0 Å². The molecule has 3 heteroatoms. The van der Waals surface area contributed by atoms with Gasteiger partial charge in [0.15, 0.2) is 0 Å². The predicted octanol–water partition coefficient (Wildman–Crippen LogP) is 4.79. The molecule has 0 bridgehead atoms. The second-order valence-corrected chi connectivity index (χ2v) is 5.45. The average Bonchev–Trinajstić information content (AvgIpc) is 2.56. The maximum Gasteiger partial charge on any atom is 0.310 e. The van der Waals surface area contributed by atoms with Crippen molar-refractivity contribution in [1.82, 2.24) is 0 Å². The first-order chi connectivity index (χ1) is 11.1. The molecule has 0 fully saturated rings. The zero-order valence-corrected chi connectivity index (χ0v) is 13.6. The molecule has 2 aromatic rings. The molecule has 0 saturated heterocycles. The van der Waals surface area contributed by atoms with Gasteiger partial charge in [0.25, 0.3) is 0 Å². The number of esters is 1. The van der Waals surface area contributed by atoms with Crippen molar-refractivity contribution < 1.29 is 14.3 Å². The Hall–Kier alpha value is -2.55. The van der Waals surface area contributed by atoms with Crippen LogP contribution in [0.1, 0.15) is 37.5 Å². The summed E-state index contributed by atoms with van der Waals surface area (Å²) in [5.74, 6) is 0.462. The summed E-state index contributed by atoms with van der Waals surface area (Å²) in [6.07, 6.45) is 1.47. The van der Waals surface area contributed by atoms with Crippen molar-refractivity contribution in [2.45, 2.75) is 32.5 Å². The van der Waals surface area contributed by atoms with E-state index in [1.807, 2.05) is 68.4 Å². The maximum absolute atomic E-state index is 12.0. The molecule has 0 aliphatic heterocycles. The second kappa shape index (κ2) is 8.18. The summed E-state index contributed by atoms with van der Waals surface area (Å²) in [5, 5.41) is 0. The lowest BCUT2D eigenvalue weighted by Gasteiger charge is -2.17. The molecule has 120 valence electrons. The summed E-state index contributed by atoms with van der Waals surface area (Å²) in [7, 11) is 0. The van der Waals surface area contributed by atoms with Gasteiger partial charge in [-0.15, -0.1) is 0 Å². The fourth-order valence-corrected chi connectivity index (χ4v) is 2.23. The zero-order valence-electron chi connectivity index (χ0n) is 13.6. The Morgan fingerprint density at radius 1 is 1.09 bits per heavy atom. The van der Waals surface area contributed by atoms with E-state index in [0.29, 0.717) is 0 Å². The smallest absolute Gasteiger partial charge is 0.310 e. The van der Waals surface area contributed by atoms with Crippen LogP contribution >= 0.6 is 0 Å². The molecule has 0 N–H and O–H groups in total. The van der Waals surface area contributed by atoms with Crippen molar-refractivity contribution in [3.8, 4) is 5.75 Å². The van der Waals surface area contributed by atoms with Gasteiger partial charge in [0, 0.05) is 0 Å². The molecule has 2 aromatic carbocycles. The Labute approximate surface area is 137 Å². The molecule has 23 heavy (non-hydrogen) atoms. The van der Waals surface area contributed by atoms with E-state index >= 15 is 0 Å². The quantitative estimate of drug-likeness (QED) is 0.690. The number of hydrogen-bond donors (Lipinski definition) is 0. The lowest BCUT2D eigenvalue weighted by atomic mass is 10.1. The number of ether oxygens (including phenoxy) is 2. The highest BCUT2D eigenvalue weighted by atomic mass is 16.5. The van der Waals surface area contributed by atoms with E-state index in [2.05, 4.69) is 6.58 Å². The molecule has 0 heterocycles. The van der Waals surface area contributed by atoms with Gasteiger partial charge in [-0.3, -0.25) is 4.79 Å². The van der Waals surface area contributed by atoms with Crippen LogP contribution in [-0.2, 0) is 9.53 Å². The predicted molar refractivity (Wildman–Crippen MR) is 92.2 cm³/mol. The summed E-state index contributed by atoms with van der Waals surface area (Å²) >= 11 is 0. The van der Waals surface area contributed by atoms with Gasteiger partial charge in [0.05, 0.1) is 6.42 Å². The van der Waals surface area contributed by atoms with Gasteiger partial charge in [-0.25, -0.2) is 0 Å². The van der Waals surface area contributed by atoms with E-state index in [-0.39, 0.29) is 24.6 Å². The topological polar surface area (TPSA) is 35.5 Å². The Morgan fingerprint density at radius 2 is 1.74 bits per heavy atom. The highest BCUT2D eigenvalue weighted by molar-refractivity contribution is 5.70. The van der Waals surface area contributed by atoms with Crippen molar-refractivity contribution in [3.05, 3.63) is 72.3 Å². The summed E-state index contributed by atoms with van der Waals surface area (Å²) in [5.41, 5.74) is 2.01. The van der Waals surface area contributed by atoms with Crippen LogP contribution in [0.25, 0.3) is 6.08 Å². The molecule has 2 unspecified atom stereocenters. The summed E-state index contributed by atoms with van der Waals surface area (Å²) in [6, 6.07) is 17.3. The molecule has 0 aliphatic carbocycles. The van der Waals surface area contributed by atoms with E-state index in [4.69, 9.17) is 9.47 Å². The zero-order chi connectivity index (χ0) is 16.7. The van der Waals surface area contributed by atoms with Gasteiger partial charge >= 0.3 is 5.97 Å². The van der Waals surface area contributed by atoms with E-state index in [1.165, 1.54) is 0 Å². The van der Waals surface area contributed by atoms with Crippen molar-refractivity contribution in [2.24, 2.45) is 0 Å². The van der Waals surface area contributed by atoms with Gasteiger partial charge in [0.1, 0.15) is 18.0 Å². The molecule has 0 saturated carbocycles. The van der Waals surface area contributed by atoms with Gasteiger partial charge in [-0.1, -0.05) is 55.1 Å². The third kappa shape index (κ3) is 5.29. The highest BCUT2D eigenvalue weighted by Crippen LogP contribution is 2.19. The van der Waals surface area contributed by atoms with Crippen molar-refractivity contribution >= 4 is 12.0 Å². The first-order valence-electron chi connectivity index (χ1n) is 7.72. The molecule has 0 radical (unpaired) electrons. The van der Waals surface area contributed by atoms with E-state index in [9.17, 15) is 4.79 Å². The third-order valence-electron chi connectivity index (χ3n) is 3.48. The first kappa shape index (κ1) is 16.8. The van der Waals surface area contributed by atoms with Crippen LogP contribution in [0.5, 0.6) is 5.75 Å². The third-order valence-corrected chi connectivity index (χ3v) is 3.48. The number of hydrogen-bond acceptors (Lipinski definition) is 3. The Bertz CT molecular complexity index is 632. The van der Waals surface area contributed by atoms with Crippen LogP contribution < -0.4 is 4.74 Å². The minimum atomic E-state index is -0.267. The molecule has 3 nitrogen and oxygen atoms in total. The maximum atomic E-state index is 12.0. The molecule has 2 rings (SSSR count). The van der Waals surface area contributed by atoms with E-state index in [0.717, 1.165) is 16.9 Å². The van der Waals surface area contributed by atoms with Crippen molar-refractivity contribution in [1.29, 1.82) is 0 Å². The molecule has 0 amide bonds. The van der Waals surface area contributed by atoms with E-state index in [1.54, 1.807) is 6.08 Å². The number of rotatable bonds is 7. The Kier molecular flexibility index (Phi) is 5.98. The van der Waals surface area contributed by atoms with Crippen LogP contribution in [-0.4, -0.2) is 12.1 Å². The van der Waals surface area contributed by atoms with Crippen molar-refractivity contribution in [2.75, 3.05) is 0 Å². The highest BCUT2D eigenvalue weighted by Gasteiger charge is 2.15. The van der Waals surface area contributed by atoms with Crippen LogP contribution in [0.3, 0.4) is 0 Å². The second-order valence-electron chi connectivity index (χ2n) is 5.45. The molecule has 0 spiro atoms. The van der Waals surface area contributed by atoms with Gasteiger partial charge in [-0.05, 0) is 37.1 Å². The summed E-state index contributed by atoms with van der Waals surface area (Å²) in [6.45, 7) is 7.44. The molecular weight excluding hydrogens is 288 g/mol. The average molecular weight is 310 g/mol. The molecule has 0 aliphatic rings. The van der Waals surface area contributed by atoms with Crippen LogP contribution in [0.4, 0.5) is 0 Å². The molecule has 0 aromatic heterocycles. The summed E-state index contributed by atoms with van der Waals surface area (Å²) < 4.78 is 11.2. The molecule has 2 atom stereocenters.